The number of nitrogens with one attached hydrogen (secondary N) is 2. The maximum atomic E-state index is 11.8. The lowest BCUT2D eigenvalue weighted by Crippen LogP contribution is -1.96. The SMILES string of the molecule is Cc1cccc(N=Nc2c(-c3ccccn3)[nH][nH]c2=O)c1. The van der Waals surface area contributed by atoms with Gasteiger partial charge in [0.15, 0.2) is 5.69 Å². The molecule has 0 amide bonds. The van der Waals surface area contributed by atoms with E-state index in [0.717, 1.165) is 5.56 Å². The van der Waals surface area contributed by atoms with Gasteiger partial charge in [-0.2, -0.15) is 5.11 Å². The summed E-state index contributed by atoms with van der Waals surface area (Å²) in [6.07, 6.45) is 1.65. The molecule has 0 saturated heterocycles. The predicted octanol–water partition coefficient (Wildman–Crippen LogP) is 3.49. The van der Waals surface area contributed by atoms with Crippen LogP contribution in [0.4, 0.5) is 11.4 Å². The molecule has 0 aliphatic carbocycles. The Hall–Kier alpha value is -3.02. The average molecular weight is 279 g/mol. The third-order valence-corrected chi connectivity index (χ3v) is 2.94. The molecule has 6 nitrogen and oxygen atoms in total. The molecule has 0 radical (unpaired) electrons. The van der Waals surface area contributed by atoms with E-state index in [1.807, 2.05) is 43.3 Å². The number of aryl methyl sites for hydroxylation is 1. The zero-order valence-electron chi connectivity index (χ0n) is 11.4. The Morgan fingerprint density at radius 2 is 1.95 bits per heavy atom. The predicted molar refractivity (Wildman–Crippen MR) is 80.0 cm³/mol. The highest BCUT2D eigenvalue weighted by Crippen LogP contribution is 2.24. The van der Waals surface area contributed by atoms with E-state index in [1.165, 1.54) is 0 Å². The van der Waals surface area contributed by atoms with Gasteiger partial charge in [-0.05, 0) is 36.8 Å². The fourth-order valence-electron chi connectivity index (χ4n) is 1.94. The molecule has 3 aromatic rings. The lowest BCUT2D eigenvalue weighted by Gasteiger charge is -1.97. The van der Waals surface area contributed by atoms with Gasteiger partial charge in [0.1, 0.15) is 5.69 Å². The van der Waals surface area contributed by atoms with Crippen molar-refractivity contribution in [2.75, 3.05) is 0 Å². The maximum absolute atomic E-state index is 11.8. The number of azo groups is 1. The van der Waals surface area contributed by atoms with Crippen LogP contribution >= 0.6 is 0 Å². The van der Waals surface area contributed by atoms with Gasteiger partial charge >= 0.3 is 0 Å². The van der Waals surface area contributed by atoms with Crippen LogP contribution in [-0.4, -0.2) is 15.2 Å². The highest BCUT2D eigenvalue weighted by atomic mass is 16.1. The molecule has 0 spiro atoms. The van der Waals surface area contributed by atoms with Gasteiger partial charge in [0.2, 0.25) is 0 Å². The minimum absolute atomic E-state index is 0.218. The van der Waals surface area contributed by atoms with E-state index in [-0.39, 0.29) is 11.2 Å². The van der Waals surface area contributed by atoms with Gasteiger partial charge in [0.25, 0.3) is 5.56 Å². The van der Waals surface area contributed by atoms with Crippen molar-refractivity contribution in [1.29, 1.82) is 0 Å². The summed E-state index contributed by atoms with van der Waals surface area (Å²) in [5, 5.41) is 13.5. The van der Waals surface area contributed by atoms with E-state index >= 15 is 0 Å². The van der Waals surface area contributed by atoms with Crippen molar-refractivity contribution in [3.05, 3.63) is 64.6 Å². The zero-order valence-corrected chi connectivity index (χ0v) is 11.4. The van der Waals surface area contributed by atoms with Crippen LogP contribution < -0.4 is 5.56 Å². The van der Waals surface area contributed by atoms with Crippen LogP contribution in [0.15, 0.2) is 63.7 Å². The standard InChI is InChI=1S/C15H13N5O/c1-10-5-4-6-11(9-10)17-19-14-13(18-20-15(14)21)12-7-2-3-8-16-12/h2-9H,1H3,(H2,18,20,21). The van der Waals surface area contributed by atoms with Gasteiger partial charge in [-0.25, -0.2) is 0 Å². The fourth-order valence-corrected chi connectivity index (χ4v) is 1.94. The van der Waals surface area contributed by atoms with Crippen molar-refractivity contribution in [2.45, 2.75) is 6.92 Å². The van der Waals surface area contributed by atoms with Gasteiger partial charge in [-0.15, -0.1) is 5.11 Å². The normalized spacial score (nSPS) is 11.1. The van der Waals surface area contributed by atoms with E-state index in [9.17, 15) is 4.79 Å². The first-order valence-electron chi connectivity index (χ1n) is 6.44. The topological polar surface area (TPSA) is 86.3 Å². The van der Waals surface area contributed by atoms with Crippen LogP contribution in [0, 0.1) is 6.92 Å². The second-order valence-corrected chi connectivity index (χ2v) is 4.56. The van der Waals surface area contributed by atoms with E-state index in [0.29, 0.717) is 17.1 Å². The number of H-pyrrole nitrogens is 2. The van der Waals surface area contributed by atoms with Crippen LogP contribution in [-0.2, 0) is 0 Å². The molecule has 0 aliphatic rings. The van der Waals surface area contributed by atoms with Crippen molar-refractivity contribution in [3.63, 3.8) is 0 Å². The quantitative estimate of drug-likeness (QED) is 0.719. The number of nitrogens with zero attached hydrogens (tertiary/aromatic N) is 3. The number of hydrogen-bond acceptors (Lipinski definition) is 4. The van der Waals surface area contributed by atoms with Crippen molar-refractivity contribution < 1.29 is 0 Å². The van der Waals surface area contributed by atoms with Crippen LogP contribution in [0.3, 0.4) is 0 Å². The molecule has 0 unspecified atom stereocenters. The Morgan fingerprint density at radius 1 is 1.05 bits per heavy atom. The molecule has 0 saturated carbocycles. The number of aromatic nitrogens is 3. The molecule has 6 heteroatoms. The zero-order chi connectivity index (χ0) is 14.7. The molecular weight excluding hydrogens is 266 g/mol. The first kappa shape index (κ1) is 13.0. The molecule has 2 heterocycles. The Morgan fingerprint density at radius 3 is 2.71 bits per heavy atom. The van der Waals surface area contributed by atoms with Crippen LogP contribution in [0.5, 0.6) is 0 Å². The molecule has 0 aliphatic heterocycles. The van der Waals surface area contributed by atoms with Crippen LogP contribution in [0.1, 0.15) is 5.56 Å². The number of benzene rings is 1. The Labute approximate surface area is 120 Å². The first-order chi connectivity index (χ1) is 10.2. The second kappa shape index (κ2) is 5.54. The lowest BCUT2D eigenvalue weighted by atomic mass is 10.2. The molecule has 3 rings (SSSR count). The van der Waals surface area contributed by atoms with Gasteiger partial charge in [0, 0.05) is 6.20 Å². The summed E-state index contributed by atoms with van der Waals surface area (Å²) in [5.41, 5.74) is 2.83. The van der Waals surface area contributed by atoms with Crippen molar-refractivity contribution in [2.24, 2.45) is 10.2 Å². The van der Waals surface area contributed by atoms with Crippen LogP contribution in [0.2, 0.25) is 0 Å². The Bertz CT molecular complexity index is 833. The molecule has 104 valence electrons. The average Bonchev–Trinajstić information content (AvgIpc) is 2.87. The summed E-state index contributed by atoms with van der Waals surface area (Å²) in [7, 11) is 0. The minimum atomic E-state index is -0.327. The van der Waals surface area contributed by atoms with Gasteiger partial charge in [-0.1, -0.05) is 18.2 Å². The van der Waals surface area contributed by atoms with E-state index < -0.39 is 0 Å². The summed E-state index contributed by atoms with van der Waals surface area (Å²) >= 11 is 0. The number of hydrogen-bond donors (Lipinski definition) is 2. The fraction of sp³-hybridized carbons (Fsp3) is 0.0667. The number of rotatable bonds is 3. The molecule has 2 aromatic heterocycles. The Kier molecular flexibility index (Phi) is 3.42. The van der Waals surface area contributed by atoms with Crippen molar-refractivity contribution >= 4 is 11.4 Å². The van der Waals surface area contributed by atoms with Gasteiger partial charge < -0.3 is 0 Å². The lowest BCUT2D eigenvalue weighted by molar-refractivity contribution is 1.05. The molecule has 0 fully saturated rings. The van der Waals surface area contributed by atoms with E-state index in [2.05, 4.69) is 25.4 Å². The molecule has 2 N–H and O–H groups in total. The largest absolute Gasteiger partial charge is 0.294 e. The highest BCUT2D eigenvalue weighted by Gasteiger charge is 2.12. The maximum Gasteiger partial charge on any atom is 0.292 e. The van der Waals surface area contributed by atoms with E-state index in [1.54, 1.807) is 12.3 Å². The van der Waals surface area contributed by atoms with Crippen molar-refractivity contribution in [1.82, 2.24) is 15.2 Å². The summed E-state index contributed by atoms with van der Waals surface area (Å²) in [6, 6.07) is 13.0. The summed E-state index contributed by atoms with van der Waals surface area (Å²) in [5.74, 6) is 0. The molecule has 0 bridgehead atoms. The monoisotopic (exact) mass is 279 g/mol. The third kappa shape index (κ3) is 2.79. The summed E-state index contributed by atoms with van der Waals surface area (Å²) in [6.45, 7) is 1.97. The molecule has 21 heavy (non-hydrogen) atoms. The van der Waals surface area contributed by atoms with Gasteiger partial charge in [-0.3, -0.25) is 20.0 Å². The molecular formula is C15H13N5O. The minimum Gasteiger partial charge on any atom is -0.294 e. The van der Waals surface area contributed by atoms with Gasteiger partial charge in [0.05, 0.1) is 11.4 Å². The van der Waals surface area contributed by atoms with Crippen molar-refractivity contribution in [3.8, 4) is 11.4 Å². The van der Waals surface area contributed by atoms with Crippen LogP contribution in [0.25, 0.3) is 11.4 Å². The summed E-state index contributed by atoms with van der Waals surface area (Å²) < 4.78 is 0. The molecule has 0 atom stereocenters. The summed E-state index contributed by atoms with van der Waals surface area (Å²) in [4.78, 5) is 16.0. The smallest absolute Gasteiger partial charge is 0.292 e. The Balaban J connectivity index is 2.00. The second-order valence-electron chi connectivity index (χ2n) is 4.56. The molecule has 1 aromatic carbocycles. The number of pyridine rings is 1. The number of aromatic amines is 2. The third-order valence-electron chi connectivity index (χ3n) is 2.94. The van der Waals surface area contributed by atoms with E-state index in [4.69, 9.17) is 0 Å². The first-order valence-corrected chi connectivity index (χ1v) is 6.44. The highest BCUT2D eigenvalue weighted by molar-refractivity contribution is 5.67.